The summed E-state index contributed by atoms with van der Waals surface area (Å²) >= 11 is 1.19. The molecule has 3 amide bonds. The topological polar surface area (TPSA) is 205 Å². The van der Waals surface area contributed by atoms with E-state index in [1.165, 1.54) is 50.1 Å². The van der Waals surface area contributed by atoms with Crippen molar-refractivity contribution in [2.45, 2.75) is 37.6 Å². The molecule has 16 nitrogen and oxygen atoms in total. The number of nitrogens with zero attached hydrogens (tertiary/aromatic N) is 1. The second kappa shape index (κ2) is 18.0. The van der Waals surface area contributed by atoms with Gasteiger partial charge < -0.3 is 44.2 Å². The van der Waals surface area contributed by atoms with Gasteiger partial charge in [0.25, 0.3) is 5.91 Å². The number of amides is 3. The van der Waals surface area contributed by atoms with Gasteiger partial charge in [-0.1, -0.05) is 36.4 Å². The van der Waals surface area contributed by atoms with Crippen LogP contribution < -0.4 is 24.8 Å². The van der Waals surface area contributed by atoms with Gasteiger partial charge in [0, 0.05) is 18.2 Å². The van der Waals surface area contributed by atoms with Crippen molar-refractivity contribution in [3.05, 3.63) is 101 Å². The van der Waals surface area contributed by atoms with Crippen molar-refractivity contribution < 1.29 is 62.3 Å². The first kappa shape index (κ1) is 39.0. The molecule has 0 aliphatic carbocycles. The van der Waals surface area contributed by atoms with Gasteiger partial charge in [-0.15, -0.1) is 11.8 Å². The first-order chi connectivity index (χ1) is 26.0. The van der Waals surface area contributed by atoms with E-state index in [0.29, 0.717) is 17.1 Å². The van der Waals surface area contributed by atoms with Crippen molar-refractivity contribution in [2.75, 3.05) is 33.2 Å². The van der Waals surface area contributed by atoms with Crippen molar-refractivity contribution in [1.82, 2.24) is 15.5 Å². The fourth-order valence-electron chi connectivity index (χ4n) is 5.38. The summed E-state index contributed by atoms with van der Waals surface area (Å²) in [4.78, 5) is 76.8. The largest absolute Gasteiger partial charge is 0.497 e. The Labute approximate surface area is 313 Å². The fourth-order valence-corrected chi connectivity index (χ4v) is 6.70. The van der Waals surface area contributed by atoms with Gasteiger partial charge in [-0.3, -0.25) is 19.3 Å². The summed E-state index contributed by atoms with van der Waals surface area (Å²) in [7, 11) is 3.07. The highest BCUT2D eigenvalue weighted by Crippen LogP contribution is 2.40. The first-order valence-corrected chi connectivity index (χ1v) is 17.4. The zero-order valence-electron chi connectivity index (χ0n) is 29.4. The molecule has 3 N–H and O–H groups in total. The Hall–Kier alpha value is -6.23. The number of nitrogens with one attached hydrogen (secondary N) is 2. The van der Waals surface area contributed by atoms with Crippen LogP contribution in [-0.2, 0) is 51.4 Å². The molecule has 1 fully saturated rings. The molecule has 1 saturated heterocycles. The third-order valence-corrected chi connectivity index (χ3v) is 9.52. The quantitative estimate of drug-likeness (QED) is 0.109. The number of carbonyl (C=O) groups is 6. The summed E-state index contributed by atoms with van der Waals surface area (Å²) in [5, 5.41) is 14.3. The number of β-lactam (4-membered cyclic amide) rings is 1. The SMILES string of the molecule is COc1ccc(COC(=O)COc2ccc(C(NC(=O)OCc3ccc(OC)cc3)C(=O)N[C@@H]3C(=O)N4C(C(=O)O)=C(COC(C)=O)CS[C@H]34)cc2)cc1. The Morgan fingerprint density at radius 3 is 1.94 bits per heavy atom. The van der Waals surface area contributed by atoms with Crippen LogP contribution in [0.15, 0.2) is 84.1 Å². The first-order valence-electron chi connectivity index (χ1n) is 16.4. The van der Waals surface area contributed by atoms with E-state index in [2.05, 4.69) is 10.6 Å². The smallest absolute Gasteiger partial charge is 0.408 e. The van der Waals surface area contributed by atoms with Gasteiger partial charge in [0.15, 0.2) is 6.61 Å². The monoisotopic (exact) mass is 763 g/mol. The van der Waals surface area contributed by atoms with Gasteiger partial charge in [-0.2, -0.15) is 0 Å². The van der Waals surface area contributed by atoms with E-state index in [0.717, 1.165) is 10.5 Å². The second-order valence-corrected chi connectivity index (χ2v) is 12.9. The van der Waals surface area contributed by atoms with E-state index in [4.69, 9.17) is 28.4 Å². The molecule has 1 unspecified atom stereocenters. The van der Waals surface area contributed by atoms with Gasteiger partial charge in [-0.05, 0) is 53.1 Å². The lowest BCUT2D eigenvalue weighted by Crippen LogP contribution is -2.71. The summed E-state index contributed by atoms with van der Waals surface area (Å²) < 4.78 is 31.4. The molecule has 0 aromatic heterocycles. The van der Waals surface area contributed by atoms with Gasteiger partial charge in [0.2, 0.25) is 5.91 Å². The highest BCUT2D eigenvalue weighted by atomic mass is 32.2. The van der Waals surface area contributed by atoms with E-state index in [1.807, 2.05) is 0 Å². The van der Waals surface area contributed by atoms with Crippen LogP contribution in [0.5, 0.6) is 17.2 Å². The van der Waals surface area contributed by atoms with Crippen molar-refractivity contribution in [2.24, 2.45) is 0 Å². The third-order valence-electron chi connectivity index (χ3n) is 8.18. The molecule has 0 saturated carbocycles. The van der Waals surface area contributed by atoms with E-state index in [1.54, 1.807) is 55.6 Å². The van der Waals surface area contributed by atoms with Crippen molar-refractivity contribution >= 4 is 47.6 Å². The lowest BCUT2D eigenvalue weighted by atomic mass is 10.0. The minimum Gasteiger partial charge on any atom is -0.497 e. The average Bonchev–Trinajstić information content (AvgIpc) is 3.18. The summed E-state index contributed by atoms with van der Waals surface area (Å²) in [6, 6.07) is 17.3. The number of carboxylic acid groups (broad SMARTS) is 1. The van der Waals surface area contributed by atoms with E-state index in [-0.39, 0.29) is 48.2 Å². The number of thioether (sulfide) groups is 1. The minimum absolute atomic E-state index is 0.0339. The van der Waals surface area contributed by atoms with Gasteiger partial charge >= 0.3 is 24.0 Å². The Balaban J connectivity index is 1.25. The maximum absolute atomic E-state index is 13.8. The normalized spacial score (nSPS) is 16.5. The number of fused-ring (bicyclic) bond motifs is 1. The molecule has 0 bridgehead atoms. The number of ether oxygens (including phenoxy) is 6. The van der Waals surface area contributed by atoms with Crippen LogP contribution in [0.1, 0.15) is 29.7 Å². The van der Waals surface area contributed by atoms with Crippen molar-refractivity contribution in [3.63, 3.8) is 0 Å². The molecule has 2 aliphatic heterocycles. The molecule has 284 valence electrons. The lowest BCUT2D eigenvalue weighted by Gasteiger charge is -2.49. The van der Waals surface area contributed by atoms with Gasteiger partial charge in [0.05, 0.1) is 14.2 Å². The number of aliphatic carboxylic acids is 1. The second-order valence-electron chi connectivity index (χ2n) is 11.8. The Morgan fingerprint density at radius 2 is 1.39 bits per heavy atom. The zero-order chi connectivity index (χ0) is 38.8. The van der Waals surface area contributed by atoms with Crippen LogP contribution in [-0.4, -0.2) is 90.4 Å². The standard InChI is InChI=1S/C37H37N3O13S/c1-21(41)50-18-25-20-54-35-31(34(44)40(35)32(25)36(45)46)38-33(43)30(39-37(47)53-17-23-6-12-27(49-3)13-7-23)24-8-14-28(15-9-24)51-19-29(42)52-16-22-4-10-26(48-2)11-5-22/h4-15,30-31,35H,16-20H2,1-3H3,(H,38,43)(H,39,47)(H,45,46)/t30?,31-,35-/m1/s1. The highest BCUT2D eigenvalue weighted by Gasteiger charge is 2.54. The lowest BCUT2D eigenvalue weighted by molar-refractivity contribution is -0.151. The number of benzene rings is 3. The Kier molecular flexibility index (Phi) is 13.0. The molecule has 17 heteroatoms. The molecular formula is C37H37N3O13S. The van der Waals surface area contributed by atoms with Crippen LogP contribution in [0.2, 0.25) is 0 Å². The number of rotatable bonds is 16. The molecule has 5 rings (SSSR count). The number of alkyl carbamates (subject to hydrolysis) is 1. The summed E-state index contributed by atoms with van der Waals surface area (Å²) in [5.41, 5.74) is 1.62. The van der Waals surface area contributed by atoms with E-state index < -0.39 is 59.9 Å². The molecule has 2 aliphatic rings. The molecule has 3 aromatic rings. The van der Waals surface area contributed by atoms with Crippen molar-refractivity contribution in [1.29, 1.82) is 0 Å². The number of carboxylic acids is 1. The maximum Gasteiger partial charge on any atom is 0.408 e. The van der Waals surface area contributed by atoms with Crippen LogP contribution >= 0.6 is 11.8 Å². The summed E-state index contributed by atoms with van der Waals surface area (Å²) in [5.74, 6) is -2.40. The number of methoxy groups -OCH3 is 2. The fraction of sp³-hybridized carbons (Fsp3) is 0.297. The maximum atomic E-state index is 13.8. The molecule has 3 atom stereocenters. The third kappa shape index (κ3) is 9.80. The average molecular weight is 764 g/mol. The Bertz CT molecular complexity index is 1900. The highest BCUT2D eigenvalue weighted by molar-refractivity contribution is 8.00. The number of hydrogen-bond donors (Lipinski definition) is 3. The predicted molar refractivity (Wildman–Crippen MR) is 190 cm³/mol. The zero-order valence-corrected chi connectivity index (χ0v) is 30.2. The van der Waals surface area contributed by atoms with Gasteiger partial charge in [0.1, 0.15) is 60.2 Å². The molecule has 54 heavy (non-hydrogen) atoms. The number of esters is 2. The van der Waals surface area contributed by atoms with Crippen LogP contribution in [0, 0.1) is 0 Å². The number of carbonyl (C=O) groups excluding carboxylic acids is 5. The number of hydrogen-bond acceptors (Lipinski definition) is 13. The molecule has 0 spiro atoms. The Morgan fingerprint density at radius 1 is 0.815 bits per heavy atom. The molecule has 2 heterocycles. The molecular weight excluding hydrogens is 726 g/mol. The molecule has 3 aromatic carbocycles. The van der Waals surface area contributed by atoms with Gasteiger partial charge in [-0.25, -0.2) is 14.4 Å². The minimum atomic E-state index is -1.38. The van der Waals surface area contributed by atoms with E-state index in [9.17, 15) is 33.9 Å². The van der Waals surface area contributed by atoms with Crippen LogP contribution in [0.4, 0.5) is 4.79 Å². The van der Waals surface area contributed by atoms with Crippen molar-refractivity contribution in [3.8, 4) is 17.2 Å². The summed E-state index contributed by atoms with van der Waals surface area (Å²) in [6.45, 7) is 0.395. The van der Waals surface area contributed by atoms with Crippen LogP contribution in [0.25, 0.3) is 0 Å². The summed E-state index contributed by atoms with van der Waals surface area (Å²) in [6.07, 6.45) is -0.939. The van der Waals surface area contributed by atoms with Crippen LogP contribution in [0.3, 0.4) is 0 Å². The van der Waals surface area contributed by atoms with E-state index >= 15 is 0 Å². The predicted octanol–water partition coefficient (Wildman–Crippen LogP) is 3.10. The molecule has 0 radical (unpaired) electrons.